The van der Waals surface area contributed by atoms with Crippen LogP contribution in [0.1, 0.15) is 43.4 Å². The van der Waals surface area contributed by atoms with Gasteiger partial charge in [-0.15, -0.1) is 0 Å². The number of hydrogen-bond donors (Lipinski definition) is 2. The summed E-state index contributed by atoms with van der Waals surface area (Å²) in [6.07, 6.45) is 3.06. The number of halogens is 1. The van der Waals surface area contributed by atoms with Gasteiger partial charge < -0.3 is 10.4 Å². The van der Waals surface area contributed by atoms with Crippen LogP contribution in [0.15, 0.2) is 18.2 Å². The van der Waals surface area contributed by atoms with Gasteiger partial charge in [-0.3, -0.25) is 0 Å². The number of nitrogens with zero attached hydrogens (tertiary/aromatic N) is 1. The van der Waals surface area contributed by atoms with Crippen LogP contribution >= 0.6 is 0 Å². The molecule has 19 heavy (non-hydrogen) atoms. The Labute approximate surface area is 113 Å². The summed E-state index contributed by atoms with van der Waals surface area (Å²) in [6.45, 7) is 2.06. The summed E-state index contributed by atoms with van der Waals surface area (Å²) in [5.41, 5.74) is 0.908. The number of aliphatic hydroxyl groups excluding tert-OH is 1. The first kappa shape index (κ1) is 14.0. The predicted molar refractivity (Wildman–Crippen MR) is 70.9 cm³/mol. The highest BCUT2D eigenvalue weighted by atomic mass is 19.1. The first-order valence-electron chi connectivity index (χ1n) is 6.72. The van der Waals surface area contributed by atoms with Gasteiger partial charge in [0.1, 0.15) is 5.82 Å². The van der Waals surface area contributed by atoms with Gasteiger partial charge >= 0.3 is 0 Å². The molecule has 2 atom stereocenters. The van der Waals surface area contributed by atoms with Gasteiger partial charge in [0.2, 0.25) is 0 Å². The van der Waals surface area contributed by atoms with E-state index < -0.39 is 0 Å². The van der Waals surface area contributed by atoms with E-state index in [0.717, 1.165) is 0 Å². The van der Waals surface area contributed by atoms with E-state index in [2.05, 4.69) is 5.32 Å². The molecule has 3 nitrogen and oxygen atoms in total. The Hall–Kier alpha value is -1.44. The number of nitriles is 1. The van der Waals surface area contributed by atoms with Crippen molar-refractivity contribution in [1.29, 1.82) is 5.26 Å². The van der Waals surface area contributed by atoms with Crippen LogP contribution in [0.5, 0.6) is 0 Å². The Morgan fingerprint density at radius 1 is 1.53 bits per heavy atom. The molecular weight excluding hydrogens is 243 g/mol. The largest absolute Gasteiger partial charge is 0.396 e. The molecule has 0 aromatic heterocycles. The molecule has 2 unspecified atom stereocenters. The zero-order chi connectivity index (χ0) is 13.8. The lowest BCUT2D eigenvalue weighted by Crippen LogP contribution is -2.34. The maximum absolute atomic E-state index is 13.9. The number of hydrogen-bond acceptors (Lipinski definition) is 3. The van der Waals surface area contributed by atoms with Crippen LogP contribution in [0.4, 0.5) is 4.39 Å². The molecule has 2 N–H and O–H groups in total. The van der Waals surface area contributed by atoms with E-state index in [-0.39, 0.29) is 24.5 Å². The number of aliphatic hydroxyl groups is 1. The van der Waals surface area contributed by atoms with Crippen molar-refractivity contribution in [3.05, 3.63) is 35.1 Å². The highest BCUT2D eigenvalue weighted by molar-refractivity contribution is 5.34. The summed E-state index contributed by atoms with van der Waals surface area (Å²) in [7, 11) is 0. The van der Waals surface area contributed by atoms with Crippen molar-refractivity contribution >= 4 is 0 Å². The monoisotopic (exact) mass is 262 g/mol. The van der Waals surface area contributed by atoms with Crippen LogP contribution in [0.25, 0.3) is 0 Å². The van der Waals surface area contributed by atoms with Crippen molar-refractivity contribution in [2.75, 3.05) is 6.61 Å². The Kier molecular flexibility index (Phi) is 4.52. The van der Waals surface area contributed by atoms with Crippen LogP contribution in [0, 0.1) is 23.1 Å². The Morgan fingerprint density at radius 2 is 2.26 bits per heavy atom. The van der Waals surface area contributed by atoms with E-state index in [1.807, 2.05) is 13.0 Å². The van der Waals surface area contributed by atoms with Crippen LogP contribution in [0.2, 0.25) is 0 Å². The molecule has 4 heteroatoms. The first-order chi connectivity index (χ1) is 9.15. The second-order valence-electron chi connectivity index (χ2n) is 5.19. The maximum Gasteiger partial charge on any atom is 0.129 e. The van der Waals surface area contributed by atoms with Gasteiger partial charge in [-0.1, -0.05) is 6.07 Å². The highest BCUT2D eigenvalue weighted by Gasteiger charge is 2.31. The summed E-state index contributed by atoms with van der Waals surface area (Å²) < 4.78 is 13.9. The van der Waals surface area contributed by atoms with Gasteiger partial charge in [0.15, 0.2) is 0 Å². The lowest BCUT2D eigenvalue weighted by molar-refractivity contribution is 0.249. The van der Waals surface area contributed by atoms with E-state index >= 15 is 0 Å². The van der Waals surface area contributed by atoms with Crippen molar-refractivity contribution in [2.45, 2.75) is 38.3 Å². The van der Waals surface area contributed by atoms with Gasteiger partial charge in [-0.05, 0) is 44.2 Å². The van der Waals surface area contributed by atoms with Gasteiger partial charge in [-0.25, -0.2) is 4.39 Å². The molecule has 0 spiro atoms. The SMILES string of the molecule is CC(NC(CCO)C1CC1)c1ccc(C#N)cc1F. The molecule has 0 radical (unpaired) electrons. The van der Waals surface area contributed by atoms with Crippen molar-refractivity contribution < 1.29 is 9.50 Å². The molecule has 102 valence electrons. The van der Waals surface area contributed by atoms with Crippen LogP contribution < -0.4 is 5.32 Å². The highest BCUT2D eigenvalue weighted by Crippen LogP contribution is 2.35. The zero-order valence-corrected chi connectivity index (χ0v) is 11.1. The summed E-state index contributed by atoms with van der Waals surface area (Å²) in [4.78, 5) is 0. The van der Waals surface area contributed by atoms with Gasteiger partial charge in [0, 0.05) is 24.3 Å². The molecular formula is C15H19FN2O. The quantitative estimate of drug-likeness (QED) is 0.828. The Morgan fingerprint density at radius 3 is 2.79 bits per heavy atom. The molecule has 2 rings (SSSR count). The summed E-state index contributed by atoms with van der Waals surface area (Å²) >= 11 is 0. The van der Waals surface area contributed by atoms with Crippen LogP contribution in [-0.2, 0) is 0 Å². The maximum atomic E-state index is 13.9. The number of rotatable bonds is 6. The van der Waals surface area contributed by atoms with E-state index in [4.69, 9.17) is 10.4 Å². The molecule has 0 amide bonds. The fraction of sp³-hybridized carbons (Fsp3) is 0.533. The third-order valence-electron chi connectivity index (χ3n) is 3.69. The standard InChI is InChI=1S/C15H19FN2O/c1-10(18-15(6-7-19)12-3-4-12)13-5-2-11(9-17)8-14(13)16/h2,5,8,10,12,15,18-19H,3-4,6-7H2,1H3. The lowest BCUT2D eigenvalue weighted by atomic mass is 10.0. The zero-order valence-electron chi connectivity index (χ0n) is 11.1. The molecule has 0 bridgehead atoms. The van der Waals surface area contributed by atoms with E-state index in [1.165, 1.54) is 18.9 Å². The molecule has 1 aromatic carbocycles. The van der Waals surface area contributed by atoms with Crippen molar-refractivity contribution in [3.8, 4) is 6.07 Å². The second-order valence-corrected chi connectivity index (χ2v) is 5.19. The average molecular weight is 262 g/mol. The van der Waals surface area contributed by atoms with Crippen LogP contribution in [0.3, 0.4) is 0 Å². The third kappa shape index (κ3) is 3.52. The molecule has 0 aliphatic heterocycles. The molecule has 0 heterocycles. The molecule has 1 aliphatic carbocycles. The number of benzene rings is 1. The fourth-order valence-electron chi connectivity index (χ4n) is 2.45. The normalized spacial score (nSPS) is 17.8. The minimum Gasteiger partial charge on any atom is -0.396 e. The van der Waals surface area contributed by atoms with Crippen LogP contribution in [-0.4, -0.2) is 17.8 Å². The van der Waals surface area contributed by atoms with Crippen molar-refractivity contribution in [1.82, 2.24) is 5.32 Å². The minimum absolute atomic E-state index is 0.120. The van der Waals surface area contributed by atoms with Gasteiger partial charge in [0.25, 0.3) is 0 Å². The Bertz CT molecular complexity index is 480. The lowest BCUT2D eigenvalue weighted by Gasteiger charge is -2.23. The molecule has 1 aliphatic rings. The minimum atomic E-state index is -0.349. The molecule has 1 saturated carbocycles. The summed E-state index contributed by atoms with van der Waals surface area (Å²) in [6, 6.07) is 6.62. The van der Waals surface area contributed by atoms with E-state index in [1.54, 1.807) is 12.1 Å². The molecule has 0 saturated heterocycles. The average Bonchev–Trinajstić information content (AvgIpc) is 3.22. The third-order valence-corrected chi connectivity index (χ3v) is 3.69. The van der Waals surface area contributed by atoms with Gasteiger partial charge in [-0.2, -0.15) is 5.26 Å². The summed E-state index contributed by atoms with van der Waals surface area (Å²) in [5, 5.41) is 21.2. The van der Waals surface area contributed by atoms with E-state index in [9.17, 15) is 4.39 Å². The first-order valence-corrected chi connectivity index (χ1v) is 6.72. The van der Waals surface area contributed by atoms with Crippen molar-refractivity contribution in [3.63, 3.8) is 0 Å². The second kappa shape index (κ2) is 6.14. The predicted octanol–water partition coefficient (Wildman–Crippen LogP) is 2.51. The smallest absolute Gasteiger partial charge is 0.129 e. The topological polar surface area (TPSA) is 56.0 Å². The summed E-state index contributed by atoms with van der Waals surface area (Å²) in [5.74, 6) is 0.258. The van der Waals surface area contributed by atoms with Gasteiger partial charge in [0.05, 0.1) is 11.6 Å². The number of nitrogens with one attached hydrogen (secondary N) is 1. The Balaban J connectivity index is 2.06. The van der Waals surface area contributed by atoms with Crippen molar-refractivity contribution in [2.24, 2.45) is 5.92 Å². The molecule has 1 aromatic rings. The van der Waals surface area contributed by atoms with E-state index in [0.29, 0.717) is 23.5 Å². The fourth-order valence-corrected chi connectivity index (χ4v) is 2.45. The molecule has 1 fully saturated rings.